The summed E-state index contributed by atoms with van der Waals surface area (Å²) in [4.78, 5) is 14.8. The van der Waals surface area contributed by atoms with Gasteiger partial charge in [-0.1, -0.05) is 0 Å². The number of anilines is 1. The molecule has 0 fully saturated rings. The van der Waals surface area contributed by atoms with Crippen LogP contribution >= 0.6 is 0 Å². The first kappa shape index (κ1) is 14.4. The average molecular weight is 272 g/mol. The molecule has 0 unspecified atom stereocenters. The van der Waals surface area contributed by atoms with Crippen molar-refractivity contribution in [1.82, 2.24) is 4.98 Å². The van der Waals surface area contributed by atoms with Crippen molar-refractivity contribution in [2.45, 2.75) is 18.6 Å². The van der Waals surface area contributed by atoms with Gasteiger partial charge in [-0.05, 0) is 19.9 Å². The summed E-state index contributed by atoms with van der Waals surface area (Å²) in [7, 11) is -3.24. The van der Waals surface area contributed by atoms with Gasteiger partial charge >= 0.3 is 5.97 Å². The molecule has 0 spiro atoms. The molecule has 2 N–H and O–H groups in total. The maximum absolute atomic E-state index is 11.5. The quantitative estimate of drug-likeness (QED) is 0.830. The molecule has 100 valence electrons. The highest BCUT2D eigenvalue weighted by molar-refractivity contribution is 7.92. The maximum Gasteiger partial charge on any atom is 0.337 e. The minimum absolute atomic E-state index is 0.0642. The zero-order valence-corrected chi connectivity index (χ0v) is 11.3. The number of rotatable bonds is 5. The van der Waals surface area contributed by atoms with Crippen molar-refractivity contribution < 1.29 is 18.3 Å². The number of hydrogen-bond acceptors (Lipinski definition) is 5. The molecule has 0 aromatic carbocycles. The van der Waals surface area contributed by atoms with E-state index in [0.717, 1.165) is 6.26 Å². The van der Waals surface area contributed by atoms with Crippen molar-refractivity contribution >= 4 is 21.5 Å². The second-order valence-electron chi connectivity index (χ2n) is 4.61. The summed E-state index contributed by atoms with van der Waals surface area (Å²) in [6.07, 6.45) is 3.88. The Morgan fingerprint density at radius 1 is 1.50 bits per heavy atom. The third kappa shape index (κ3) is 3.19. The van der Waals surface area contributed by atoms with Gasteiger partial charge in [0, 0.05) is 19.0 Å². The molecule has 1 rings (SSSR count). The van der Waals surface area contributed by atoms with E-state index in [2.05, 4.69) is 10.3 Å². The molecular weight excluding hydrogens is 256 g/mol. The van der Waals surface area contributed by atoms with Crippen molar-refractivity contribution in [2.24, 2.45) is 0 Å². The van der Waals surface area contributed by atoms with Crippen molar-refractivity contribution in [3.05, 3.63) is 24.0 Å². The van der Waals surface area contributed by atoms with E-state index in [-0.39, 0.29) is 12.1 Å². The number of hydrogen-bond donors (Lipinski definition) is 2. The van der Waals surface area contributed by atoms with E-state index in [0.29, 0.717) is 5.69 Å². The molecule has 0 atom stereocenters. The Bertz CT molecular complexity index is 552. The molecule has 0 radical (unpaired) electrons. The molecule has 18 heavy (non-hydrogen) atoms. The number of nitrogens with zero attached hydrogens (tertiary/aromatic N) is 1. The van der Waals surface area contributed by atoms with E-state index in [4.69, 9.17) is 5.11 Å². The molecule has 0 aliphatic heterocycles. The predicted octanol–water partition coefficient (Wildman–Crippen LogP) is 1.01. The SMILES string of the molecule is CC(C)(CNc1cnccc1C(=O)O)S(C)(=O)=O. The fraction of sp³-hybridized carbons (Fsp3) is 0.455. The van der Waals surface area contributed by atoms with Crippen LogP contribution in [0.1, 0.15) is 24.2 Å². The first-order valence-electron chi connectivity index (χ1n) is 5.26. The van der Waals surface area contributed by atoms with Crippen LogP contribution < -0.4 is 5.32 Å². The molecule has 0 saturated heterocycles. The molecule has 1 aromatic rings. The first-order chi connectivity index (χ1) is 8.15. The number of carboxylic acids is 1. The second-order valence-corrected chi connectivity index (χ2v) is 7.26. The van der Waals surface area contributed by atoms with Crippen molar-refractivity contribution in [1.29, 1.82) is 0 Å². The third-order valence-corrected chi connectivity index (χ3v) is 4.91. The highest BCUT2D eigenvalue weighted by Crippen LogP contribution is 2.19. The Morgan fingerprint density at radius 3 is 2.61 bits per heavy atom. The minimum Gasteiger partial charge on any atom is -0.478 e. The van der Waals surface area contributed by atoms with Gasteiger partial charge in [0.1, 0.15) is 0 Å². The molecule has 0 bridgehead atoms. The van der Waals surface area contributed by atoms with Crippen LogP contribution in [0.25, 0.3) is 0 Å². The molecule has 6 nitrogen and oxygen atoms in total. The molecule has 0 aliphatic rings. The van der Waals surface area contributed by atoms with Crippen LogP contribution in [-0.4, -0.2) is 42.0 Å². The summed E-state index contributed by atoms with van der Waals surface area (Å²) in [5.74, 6) is -1.09. The van der Waals surface area contributed by atoms with E-state index in [1.54, 1.807) is 13.8 Å². The van der Waals surface area contributed by atoms with E-state index >= 15 is 0 Å². The molecular formula is C11H16N2O4S. The average Bonchev–Trinajstić information content (AvgIpc) is 2.25. The van der Waals surface area contributed by atoms with Crippen LogP contribution in [-0.2, 0) is 9.84 Å². The van der Waals surface area contributed by atoms with E-state index in [1.165, 1.54) is 18.5 Å². The van der Waals surface area contributed by atoms with Gasteiger partial charge in [0.15, 0.2) is 9.84 Å². The van der Waals surface area contributed by atoms with Crippen LogP contribution in [0.5, 0.6) is 0 Å². The Labute approximate surface area is 106 Å². The highest BCUT2D eigenvalue weighted by atomic mass is 32.2. The summed E-state index contributed by atoms with van der Waals surface area (Å²) in [5.41, 5.74) is 0.371. The largest absolute Gasteiger partial charge is 0.478 e. The third-order valence-electron chi connectivity index (χ3n) is 2.76. The van der Waals surface area contributed by atoms with Crippen LogP contribution in [0, 0.1) is 0 Å². The number of sulfone groups is 1. The number of carbonyl (C=O) groups is 1. The lowest BCUT2D eigenvalue weighted by atomic mass is 10.2. The summed E-state index contributed by atoms with van der Waals surface area (Å²) in [6, 6.07) is 1.36. The van der Waals surface area contributed by atoms with Gasteiger partial charge in [-0.15, -0.1) is 0 Å². The fourth-order valence-corrected chi connectivity index (χ4v) is 1.50. The topological polar surface area (TPSA) is 96.4 Å². The summed E-state index contributed by atoms with van der Waals surface area (Å²) >= 11 is 0. The smallest absolute Gasteiger partial charge is 0.337 e. The molecule has 0 amide bonds. The van der Waals surface area contributed by atoms with E-state index in [1.807, 2.05) is 0 Å². The standard InChI is InChI=1S/C11H16N2O4S/c1-11(2,18(3,16)17)7-13-9-6-12-5-4-8(9)10(14)15/h4-6,13H,7H2,1-3H3,(H,14,15). The lowest BCUT2D eigenvalue weighted by molar-refractivity contribution is 0.0697. The van der Waals surface area contributed by atoms with Gasteiger partial charge < -0.3 is 10.4 Å². The minimum atomic E-state index is -3.24. The van der Waals surface area contributed by atoms with Crippen LogP contribution in [0.4, 0.5) is 5.69 Å². The Balaban J connectivity index is 2.91. The van der Waals surface area contributed by atoms with Gasteiger partial charge in [-0.2, -0.15) is 0 Å². The molecule has 1 heterocycles. The molecule has 7 heteroatoms. The Kier molecular flexibility index (Phi) is 3.95. The fourth-order valence-electron chi connectivity index (χ4n) is 1.16. The van der Waals surface area contributed by atoms with Gasteiger partial charge in [-0.25, -0.2) is 13.2 Å². The number of aromatic nitrogens is 1. The number of nitrogens with one attached hydrogen (secondary N) is 1. The zero-order valence-electron chi connectivity index (χ0n) is 10.5. The Morgan fingerprint density at radius 2 is 2.11 bits per heavy atom. The second kappa shape index (κ2) is 4.93. The number of aromatic carboxylic acids is 1. The van der Waals surface area contributed by atoms with Gasteiger partial charge in [0.2, 0.25) is 0 Å². The van der Waals surface area contributed by atoms with Crippen molar-refractivity contribution in [2.75, 3.05) is 18.1 Å². The molecule has 1 aromatic heterocycles. The lowest BCUT2D eigenvalue weighted by Gasteiger charge is -2.23. The van der Waals surface area contributed by atoms with E-state index < -0.39 is 20.6 Å². The lowest BCUT2D eigenvalue weighted by Crippen LogP contribution is -2.38. The van der Waals surface area contributed by atoms with Crippen LogP contribution in [0.3, 0.4) is 0 Å². The zero-order chi connectivity index (χ0) is 14.0. The van der Waals surface area contributed by atoms with Crippen molar-refractivity contribution in [3.8, 4) is 0 Å². The maximum atomic E-state index is 11.5. The monoisotopic (exact) mass is 272 g/mol. The van der Waals surface area contributed by atoms with Crippen molar-refractivity contribution in [3.63, 3.8) is 0 Å². The molecule has 0 saturated carbocycles. The summed E-state index contributed by atoms with van der Waals surface area (Å²) in [5, 5.41) is 11.8. The summed E-state index contributed by atoms with van der Waals surface area (Å²) < 4.78 is 22.1. The van der Waals surface area contributed by atoms with Crippen LogP contribution in [0.15, 0.2) is 18.5 Å². The highest BCUT2D eigenvalue weighted by Gasteiger charge is 2.30. The molecule has 0 aliphatic carbocycles. The normalized spacial score (nSPS) is 12.2. The first-order valence-corrected chi connectivity index (χ1v) is 7.15. The number of pyridine rings is 1. The summed E-state index contributed by atoms with van der Waals surface area (Å²) in [6.45, 7) is 3.26. The predicted molar refractivity (Wildman–Crippen MR) is 68.6 cm³/mol. The van der Waals surface area contributed by atoms with Gasteiger partial charge in [-0.3, -0.25) is 4.98 Å². The van der Waals surface area contributed by atoms with Crippen LogP contribution in [0.2, 0.25) is 0 Å². The Hall–Kier alpha value is -1.63. The van der Waals surface area contributed by atoms with E-state index in [9.17, 15) is 13.2 Å². The van der Waals surface area contributed by atoms with Gasteiger partial charge in [0.25, 0.3) is 0 Å². The van der Waals surface area contributed by atoms with Gasteiger partial charge in [0.05, 0.1) is 22.2 Å². The number of carboxylic acid groups (broad SMARTS) is 1.